The van der Waals surface area contributed by atoms with Crippen LogP contribution in [0.5, 0.6) is 0 Å². The van der Waals surface area contributed by atoms with Crippen molar-refractivity contribution in [2.24, 2.45) is 0 Å². The van der Waals surface area contributed by atoms with Crippen LogP contribution in [0.3, 0.4) is 0 Å². The molecule has 1 aromatic heterocycles. The van der Waals surface area contributed by atoms with Gasteiger partial charge in [-0.15, -0.1) is 5.54 Å². The largest absolute Gasteiger partial charge is 0.379 e. The van der Waals surface area contributed by atoms with E-state index in [2.05, 4.69) is 47.1 Å². The van der Waals surface area contributed by atoms with Gasteiger partial charge in [-0.25, -0.2) is 4.98 Å². The molecular weight excluding hydrogens is 252 g/mol. The second-order valence-corrected chi connectivity index (χ2v) is 10.7. The average Bonchev–Trinajstić information content (AvgIpc) is 2.38. The van der Waals surface area contributed by atoms with E-state index in [4.69, 9.17) is 4.74 Å². The monoisotopic (exact) mass is 274 g/mol. The van der Waals surface area contributed by atoms with Crippen LogP contribution in [0.25, 0.3) is 0 Å². The first-order valence-corrected chi connectivity index (χ1v) is 10.3. The summed E-state index contributed by atoms with van der Waals surface area (Å²) in [6, 6.07) is 4.17. The molecule has 1 aliphatic rings. The number of morpholine rings is 1. The maximum atomic E-state index is 5.35. The van der Waals surface area contributed by atoms with Crippen LogP contribution < -0.4 is 0 Å². The van der Waals surface area contributed by atoms with Gasteiger partial charge in [0, 0.05) is 25.8 Å². The van der Waals surface area contributed by atoms with Crippen molar-refractivity contribution >= 4 is 8.07 Å². The minimum Gasteiger partial charge on any atom is -0.379 e. The molecule has 2 rings (SSSR count). The Bertz CT molecular complexity index is 462. The molecule has 0 spiro atoms. The van der Waals surface area contributed by atoms with E-state index in [1.165, 1.54) is 5.56 Å². The van der Waals surface area contributed by atoms with Crippen LogP contribution in [0.1, 0.15) is 11.3 Å². The van der Waals surface area contributed by atoms with E-state index >= 15 is 0 Å². The summed E-state index contributed by atoms with van der Waals surface area (Å²) in [7, 11) is -1.31. The summed E-state index contributed by atoms with van der Waals surface area (Å²) in [6.45, 7) is 11.4. The number of nitrogens with zero attached hydrogens (tertiary/aromatic N) is 2. The van der Waals surface area contributed by atoms with Crippen molar-refractivity contribution in [1.29, 1.82) is 0 Å². The quantitative estimate of drug-likeness (QED) is 0.610. The first-order chi connectivity index (χ1) is 9.03. The third-order valence-corrected chi connectivity index (χ3v) is 3.78. The van der Waals surface area contributed by atoms with Crippen LogP contribution in [0.4, 0.5) is 0 Å². The number of hydrogen-bond acceptors (Lipinski definition) is 3. The third-order valence-electron chi connectivity index (χ3n) is 2.90. The molecule has 0 saturated carbocycles. The van der Waals surface area contributed by atoms with Crippen molar-refractivity contribution in [2.75, 3.05) is 26.3 Å². The summed E-state index contributed by atoms with van der Waals surface area (Å²) in [4.78, 5) is 6.83. The molecule has 102 valence electrons. The lowest BCUT2D eigenvalue weighted by molar-refractivity contribution is 0.0341. The van der Waals surface area contributed by atoms with Gasteiger partial charge in [-0.3, -0.25) is 4.90 Å². The molecular formula is C15H22N2OSi. The maximum Gasteiger partial charge on any atom is 0.129 e. The summed E-state index contributed by atoms with van der Waals surface area (Å²) < 4.78 is 5.35. The van der Waals surface area contributed by atoms with Crippen LogP contribution in [-0.4, -0.2) is 44.3 Å². The van der Waals surface area contributed by atoms with Crippen LogP contribution in [0.15, 0.2) is 18.3 Å². The summed E-state index contributed by atoms with van der Waals surface area (Å²) in [5, 5.41) is 0. The molecule has 2 heterocycles. The smallest absolute Gasteiger partial charge is 0.129 e. The van der Waals surface area contributed by atoms with Gasteiger partial charge in [0.25, 0.3) is 0 Å². The molecule has 0 unspecified atom stereocenters. The zero-order valence-corrected chi connectivity index (χ0v) is 13.1. The Balaban J connectivity index is 1.95. The Kier molecular flexibility index (Phi) is 4.75. The lowest BCUT2D eigenvalue weighted by atomic mass is 10.2. The minimum atomic E-state index is -1.31. The molecule has 0 bridgehead atoms. The lowest BCUT2D eigenvalue weighted by Crippen LogP contribution is -2.35. The Labute approximate surface area is 117 Å². The van der Waals surface area contributed by atoms with E-state index in [9.17, 15) is 0 Å². The number of rotatable bonds is 2. The van der Waals surface area contributed by atoms with Crippen LogP contribution in [0, 0.1) is 11.5 Å². The van der Waals surface area contributed by atoms with E-state index in [1.807, 2.05) is 12.3 Å². The van der Waals surface area contributed by atoms with E-state index in [0.29, 0.717) is 0 Å². The highest BCUT2D eigenvalue weighted by atomic mass is 28.3. The van der Waals surface area contributed by atoms with Gasteiger partial charge >= 0.3 is 0 Å². The van der Waals surface area contributed by atoms with Gasteiger partial charge in [0.1, 0.15) is 13.8 Å². The highest BCUT2D eigenvalue weighted by molar-refractivity contribution is 6.83. The number of hydrogen-bond donors (Lipinski definition) is 0. The van der Waals surface area contributed by atoms with Gasteiger partial charge in [-0.05, 0) is 11.6 Å². The van der Waals surface area contributed by atoms with E-state index in [1.54, 1.807) is 0 Å². The highest BCUT2D eigenvalue weighted by Crippen LogP contribution is 2.07. The van der Waals surface area contributed by atoms with Gasteiger partial charge in [-0.1, -0.05) is 31.6 Å². The highest BCUT2D eigenvalue weighted by Gasteiger charge is 2.11. The fraction of sp³-hybridized carbons (Fsp3) is 0.533. The Morgan fingerprint density at radius 1 is 1.26 bits per heavy atom. The van der Waals surface area contributed by atoms with Crippen molar-refractivity contribution < 1.29 is 4.74 Å². The molecule has 1 aliphatic heterocycles. The van der Waals surface area contributed by atoms with Gasteiger partial charge in [0.15, 0.2) is 0 Å². The van der Waals surface area contributed by atoms with Crippen LogP contribution >= 0.6 is 0 Å². The summed E-state index contributed by atoms with van der Waals surface area (Å²) >= 11 is 0. The number of ether oxygens (including phenoxy) is 1. The summed E-state index contributed by atoms with van der Waals surface area (Å²) in [5.41, 5.74) is 5.47. The first kappa shape index (κ1) is 14.3. The molecule has 0 aromatic carbocycles. The Morgan fingerprint density at radius 3 is 2.58 bits per heavy atom. The second kappa shape index (κ2) is 6.33. The molecule has 19 heavy (non-hydrogen) atoms. The normalized spacial score (nSPS) is 16.8. The summed E-state index contributed by atoms with van der Waals surface area (Å²) in [5.74, 6) is 3.18. The fourth-order valence-corrected chi connectivity index (χ4v) is 2.36. The van der Waals surface area contributed by atoms with Crippen LogP contribution in [0.2, 0.25) is 19.6 Å². The lowest BCUT2D eigenvalue weighted by Gasteiger charge is -2.26. The predicted molar refractivity (Wildman–Crippen MR) is 80.6 cm³/mol. The molecule has 1 saturated heterocycles. The molecule has 0 radical (unpaired) electrons. The number of pyridine rings is 1. The van der Waals surface area contributed by atoms with Gasteiger partial charge < -0.3 is 4.74 Å². The maximum absolute atomic E-state index is 5.35. The number of aromatic nitrogens is 1. The topological polar surface area (TPSA) is 25.4 Å². The van der Waals surface area contributed by atoms with Gasteiger partial charge in [0.2, 0.25) is 0 Å². The van der Waals surface area contributed by atoms with Crippen molar-refractivity contribution in [2.45, 2.75) is 26.2 Å². The van der Waals surface area contributed by atoms with E-state index < -0.39 is 8.07 Å². The van der Waals surface area contributed by atoms with Crippen LogP contribution in [-0.2, 0) is 11.3 Å². The SMILES string of the molecule is C[Si](C)(C)C#Cc1ccc(CN2CCOCC2)cn1. The standard InChI is InChI=1S/C15H22N2OSi/c1-19(2,3)11-6-15-5-4-14(12-16-15)13-17-7-9-18-10-8-17/h4-5,12H,7-10,13H2,1-3H3. The second-order valence-electron chi connectivity index (χ2n) is 5.94. The van der Waals surface area contributed by atoms with Crippen molar-refractivity contribution in [3.05, 3.63) is 29.6 Å². The molecule has 0 N–H and O–H groups in total. The third kappa shape index (κ3) is 5.15. The first-order valence-electron chi connectivity index (χ1n) is 6.81. The molecule has 0 aliphatic carbocycles. The minimum absolute atomic E-state index is 0.840. The Hall–Kier alpha value is -1.15. The van der Waals surface area contributed by atoms with Crippen molar-refractivity contribution in [3.63, 3.8) is 0 Å². The molecule has 4 heteroatoms. The Morgan fingerprint density at radius 2 is 2.00 bits per heavy atom. The van der Waals surface area contributed by atoms with Gasteiger partial charge in [0.05, 0.1) is 13.2 Å². The zero-order valence-electron chi connectivity index (χ0n) is 12.1. The molecule has 0 amide bonds. The average molecular weight is 274 g/mol. The van der Waals surface area contributed by atoms with Crippen molar-refractivity contribution in [1.82, 2.24) is 9.88 Å². The fourth-order valence-electron chi connectivity index (χ4n) is 1.86. The predicted octanol–water partition coefficient (Wildman–Crippen LogP) is 2.14. The molecule has 1 aromatic rings. The van der Waals surface area contributed by atoms with E-state index in [0.717, 1.165) is 38.5 Å². The summed E-state index contributed by atoms with van der Waals surface area (Å²) in [6.07, 6.45) is 1.95. The molecule has 1 fully saturated rings. The molecule has 3 nitrogen and oxygen atoms in total. The van der Waals surface area contributed by atoms with Gasteiger partial charge in [-0.2, -0.15) is 0 Å². The molecule has 0 atom stereocenters. The zero-order chi connectivity index (χ0) is 13.7. The van der Waals surface area contributed by atoms with Crippen molar-refractivity contribution in [3.8, 4) is 11.5 Å². The van der Waals surface area contributed by atoms with E-state index in [-0.39, 0.29) is 0 Å².